The molecular formula is C24H28N4OS. The van der Waals surface area contributed by atoms with Crippen LogP contribution >= 0.6 is 11.8 Å². The molecule has 2 aromatic carbocycles. The van der Waals surface area contributed by atoms with E-state index >= 15 is 0 Å². The number of ether oxygens (including phenoxy) is 1. The van der Waals surface area contributed by atoms with Gasteiger partial charge in [0.2, 0.25) is 0 Å². The topological polar surface area (TPSA) is 40.6 Å². The third-order valence-electron chi connectivity index (χ3n) is 5.37. The number of hydrogen-bond acceptors (Lipinski definition) is 6. The number of hydrogen-bond donors (Lipinski definition) is 1. The van der Waals surface area contributed by atoms with Gasteiger partial charge in [-0.05, 0) is 67.9 Å². The molecule has 0 radical (unpaired) electrons. The number of piperazine rings is 1. The second-order valence-corrected chi connectivity index (χ2v) is 8.16. The molecule has 4 rings (SSSR count). The second-order valence-electron chi connectivity index (χ2n) is 7.28. The molecule has 0 bridgehead atoms. The van der Waals surface area contributed by atoms with Crippen molar-refractivity contribution >= 4 is 23.1 Å². The monoisotopic (exact) mass is 420 g/mol. The highest BCUT2D eigenvalue weighted by Crippen LogP contribution is 2.31. The van der Waals surface area contributed by atoms with Crippen LogP contribution < -0.4 is 19.9 Å². The van der Waals surface area contributed by atoms with Crippen LogP contribution in [0.25, 0.3) is 0 Å². The van der Waals surface area contributed by atoms with Crippen molar-refractivity contribution in [1.82, 2.24) is 10.3 Å². The van der Waals surface area contributed by atoms with Crippen LogP contribution in [0.15, 0.2) is 71.9 Å². The number of rotatable bonds is 7. The molecule has 3 aromatic rings. The summed E-state index contributed by atoms with van der Waals surface area (Å²) in [6.07, 6.45) is 5.80. The summed E-state index contributed by atoms with van der Waals surface area (Å²) in [6, 6.07) is 18.9. The van der Waals surface area contributed by atoms with E-state index in [-0.39, 0.29) is 0 Å². The number of thioether (sulfide) groups is 1. The van der Waals surface area contributed by atoms with Gasteiger partial charge in [0, 0.05) is 67.0 Å². The SMILES string of the molecule is CNCc1cc(N2CCN(c3ccncc3)CC2)ccc1Oc1ccc(SC)cc1. The Bertz CT molecular complexity index is 941. The molecule has 0 atom stereocenters. The maximum Gasteiger partial charge on any atom is 0.132 e. The molecule has 0 spiro atoms. The van der Waals surface area contributed by atoms with Crippen LogP contribution in [0.2, 0.25) is 0 Å². The molecule has 0 saturated carbocycles. The molecule has 1 fully saturated rings. The maximum atomic E-state index is 6.20. The first-order chi connectivity index (χ1) is 14.8. The smallest absolute Gasteiger partial charge is 0.132 e. The van der Waals surface area contributed by atoms with Gasteiger partial charge in [0.1, 0.15) is 11.5 Å². The molecule has 30 heavy (non-hydrogen) atoms. The summed E-state index contributed by atoms with van der Waals surface area (Å²) >= 11 is 1.73. The van der Waals surface area contributed by atoms with Crippen molar-refractivity contribution in [3.63, 3.8) is 0 Å². The second kappa shape index (κ2) is 9.87. The van der Waals surface area contributed by atoms with Crippen LogP contribution in [-0.4, -0.2) is 44.5 Å². The van der Waals surface area contributed by atoms with E-state index in [9.17, 15) is 0 Å². The molecule has 1 N–H and O–H groups in total. The molecule has 0 unspecified atom stereocenters. The Morgan fingerprint density at radius 1 is 0.900 bits per heavy atom. The number of aromatic nitrogens is 1. The minimum absolute atomic E-state index is 0.767. The van der Waals surface area contributed by atoms with Crippen LogP contribution in [0.4, 0.5) is 11.4 Å². The van der Waals surface area contributed by atoms with Crippen LogP contribution in [0.3, 0.4) is 0 Å². The normalized spacial score (nSPS) is 14.1. The Morgan fingerprint density at radius 2 is 1.57 bits per heavy atom. The molecule has 1 aliphatic heterocycles. The predicted molar refractivity (Wildman–Crippen MR) is 126 cm³/mol. The van der Waals surface area contributed by atoms with Gasteiger partial charge in [0.15, 0.2) is 0 Å². The van der Waals surface area contributed by atoms with E-state index in [0.29, 0.717) is 0 Å². The van der Waals surface area contributed by atoms with Gasteiger partial charge in [0.25, 0.3) is 0 Å². The average molecular weight is 421 g/mol. The predicted octanol–water partition coefficient (Wildman–Crippen LogP) is 4.64. The molecule has 1 aliphatic rings. The summed E-state index contributed by atoms with van der Waals surface area (Å²) in [5.74, 6) is 1.77. The molecule has 0 aliphatic carbocycles. The van der Waals surface area contributed by atoms with E-state index < -0.39 is 0 Å². The third-order valence-corrected chi connectivity index (χ3v) is 6.11. The Balaban J connectivity index is 1.46. The van der Waals surface area contributed by atoms with Gasteiger partial charge in [0.05, 0.1) is 0 Å². The minimum Gasteiger partial charge on any atom is -0.457 e. The number of nitrogens with one attached hydrogen (secondary N) is 1. The average Bonchev–Trinajstić information content (AvgIpc) is 2.81. The summed E-state index contributed by atoms with van der Waals surface area (Å²) in [7, 11) is 1.97. The van der Waals surface area contributed by atoms with Gasteiger partial charge < -0.3 is 19.9 Å². The molecule has 6 heteroatoms. The van der Waals surface area contributed by atoms with E-state index in [2.05, 4.69) is 68.8 Å². The van der Waals surface area contributed by atoms with Crippen LogP contribution in [0.1, 0.15) is 5.56 Å². The van der Waals surface area contributed by atoms with Crippen molar-refractivity contribution < 1.29 is 4.74 Å². The Hall–Kier alpha value is -2.70. The van der Waals surface area contributed by atoms with Gasteiger partial charge in [-0.1, -0.05) is 0 Å². The lowest BCUT2D eigenvalue weighted by atomic mass is 10.1. The van der Waals surface area contributed by atoms with Gasteiger partial charge in [-0.25, -0.2) is 0 Å². The van der Waals surface area contributed by atoms with Crippen molar-refractivity contribution in [2.45, 2.75) is 11.4 Å². The zero-order valence-electron chi connectivity index (χ0n) is 17.5. The van der Waals surface area contributed by atoms with Crippen LogP contribution in [0, 0.1) is 0 Å². The fraction of sp³-hybridized carbons (Fsp3) is 0.292. The molecule has 0 amide bonds. The van der Waals surface area contributed by atoms with E-state index in [1.165, 1.54) is 21.8 Å². The summed E-state index contributed by atoms with van der Waals surface area (Å²) in [6.45, 7) is 4.77. The molecule has 5 nitrogen and oxygen atoms in total. The quantitative estimate of drug-likeness (QED) is 0.562. The summed E-state index contributed by atoms with van der Waals surface area (Å²) in [4.78, 5) is 10.2. The Kier molecular flexibility index (Phi) is 6.77. The lowest BCUT2D eigenvalue weighted by Crippen LogP contribution is -2.46. The van der Waals surface area contributed by atoms with E-state index in [1.54, 1.807) is 11.8 Å². The van der Waals surface area contributed by atoms with Gasteiger partial charge in [-0.3, -0.25) is 4.98 Å². The van der Waals surface area contributed by atoms with Gasteiger partial charge >= 0.3 is 0 Å². The number of nitrogens with zero attached hydrogens (tertiary/aromatic N) is 3. The molecule has 2 heterocycles. The zero-order chi connectivity index (χ0) is 20.8. The Morgan fingerprint density at radius 3 is 2.20 bits per heavy atom. The fourth-order valence-corrected chi connectivity index (χ4v) is 4.15. The van der Waals surface area contributed by atoms with Gasteiger partial charge in [-0.15, -0.1) is 11.8 Å². The molecular weight excluding hydrogens is 392 g/mol. The first-order valence-electron chi connectivity index (χ1n) is 10.3. The van der Waals surface area contributed by atoms with Gasteiger partial charge in [-0.2, -0.15) is 0 Å². The number of pyridine rings is 1. The number of benzene rings is 2. The van der Waals surface area contributed by atoms with E-state index in [0.717, 1.165) is 44.2 Å². The Labute approximate surface area is 183 Å². The van der Waals surface area contributed by atoms with Crippen molar-refractivity contribution in [2.24, 2.45) is 0 Å². The largest absolute Gasteiger partial charge is 0.457 e. The van der Waals surface area contributed by atoms with Crippen LogP contribution in [-0.2, 0) is 6.54 Å². The van der Waals surface area contributed by atoms with Crippen molar-refractivity contribution in [3.05, 3.63) is 72.6 Å². The maximum absolute atomic E-state index is 6.20. The first-order valence-corrected chi connectivity index (χ1v) is 11.5. The summed E-state index contributed by atoms with van der Waals surface area (Å²) in [5, 5.41) is 3.27. The van der Waals surface area contributed by atoms with E-state index in [4.69, 9.17) is 4.74 Å². The van der Waals surface area contributed by atoms with Crippen molar-refractivity contribution in [2.75, 3.05) is 49.3 Å². The fourth-order valence-electron chi connectivity index (χ4n) is 3.74. The first kappa shape index (κ1) is 20.6. The minimum atomic E-state index is 0.767. The van der Waals surface area contributed by atoms with Crippen molar-refractivity contribution in [3.8, 4) is 11.5 Å². The lowest BCUT2D eigenvalue weighted by Gasteiger charge is -2.37. The van der Waals surface area contributed by atoms with Crippen molar-refractivity contribution in [1.29, 1.82) is 0 Å². The highest BCUT2D eigenvalue weighted by atomic mass is 32.2. The van der Waals surface area contributed by atoms with E-state index in [1.807, 2.05) is 31.6 Å². The lowest BCUT2D eigenvalue weighted by molar-refractivity contribution is 0.474. The zero-order valence-corrected chi connectivity index (χ0v) is 18.4. The van der Waals surface area contributed by atoms with Crippen LogP contribution in [0.5, 0.6) is 11.5 Å². The third kappa shape index (κ3) is 4.89. The molecule has 156 valence electrons. The molecule has 1 saturated heterocycles. The summed E-state index contributed by atoms with van der Waals surface area (Å²) in [5.41, 5.74) is 3.66. The highest BCUT2D eigenvalue weighted by molar-refractivity contribution is 7.98. The molecule has 1 aromatic heterocycles. The standard InChI is InChI=1S/C24H28N4OS/c1-25-18-19-17-21(3-8-24(19)29-22-4-6-23(30-2)7-5-22)28-15-13-27(14-16-28)20-9-11-26-12-10-20/h3-12,17,25H,13-16,18H2,1-2H3. The highest BCUT2D eigenvalue weighted by Gasteiger charge is 2.18. The number of anilines is 2. The summed E-state index contributed by atoms with van der Waals surface area (Å²) < 4.78 is 6.20.